The number of aromatic nitrogens is 5. The molecule has 0 aliphatic rings. The van der Waals surface area contributed by atoms with Crippen LogP contribution in [0.4, 0.5) is 0 Å². The zero-order valence-electron chi connectivity index (χ0n) is 19.5. The van der Waals surface area contributed by atoms with Crippen molar-refractivity contribution < 1.29 is 4.79 Å². The number of para-hydroxylation sites is 2. The van der Waals surface area contributed by atoms with Crippen molar-refractivity contribution in [1.29, 1.82) is 0 Å². The third-order valence-corrected chi connectivity index (χ3v) is 6.40. The summed E-state index contributed by atoms with van der Waals surface area (Å²) in [7, 11) is 0. The van der Waals surface area contributed by atoms with Gasteiger partial charge in [0.05, 0.1) is 35.2 Å². The molecule has 0 bridgehead atoms. The molecule has 2 N–H and O–H groups in total. The average molecular weight is 473 g/mol. The number of rotatable bonds is 7. The molecule has 0 fully saturated rings. The summed E-state index contributed by atoms with van der Waals surface area (Å²) in [5.74, 6) is -0.124. The summed E-state index contributed by atoms with van der Waals surface area (Å²) in [6.07, 6.45) is 5.98. The molecule has 7 nitrogen and oxygen atoms in total. The highest BCUT2D eigenvalue weighted by atomic mass is 16.2. The lowest BCUT2D eigenvalue weighted by atomic mass is 9.94. The number of nitrogens with zero attached hydrogens (tertiary/aromatic N) is 4. The second kappa shape index (κ2) is 9.46. The summed E-state index contributed by atoms with van der Waals surface area (Å²) in [6.45, 7) is 0.122. The number of pyridine rings is 1. The smallest absolute Gasteiger partial charge is 0.242 e. The number of carbonyl (C=O) groups excluding carboxylic acids is 1. The molecule has 3 aromatic carbocycles. The second-order valence-corrected chi connectivity index (χ2v) is 8.75. The molecule has 6 aromatic rings. The third-order valence-electron chi connectivity index (χ3n) is 6.40. The minimum atomic E-state index is -0.337. The Balaban J connectivity index is 1.37. The van der Waals surface area contributed by atoms with Crippen LogP contribution in [0.1, 0.15) is 17.3 Å². The largest absolute Gasteiger partial charge is 0.346 e. The maximum absolute atomic E-state index is 13.3. The number of amides is 1. The van der Waals surface area contributed by atoms with Gasteiger partial charge in [0.25, 0.3) is 0 Å². The highest BCUT2D eigenvalue weighted by Gasteiger charge is 2.22. The zero-order chi connectivity index (χ0) is 24.3. The lowest BCUT2D eigenvalue weighted by Crippen LogP contribution is -2.33. The molecule has 0 saturated heterocycles. The number of nitrogens with one attached hydrogen (secondary N) is 2. The molecule has 176 valence electrons. The Bertz CT molecular complexity index is 1650. The van der Waals surface area contributed by atoms with Crippen molar-refractivity contribution in [3.05, 3.63) is 115 Å². The molecular formula is C29H24N6O. The Hall–Kier alpha value is -4.78. The Morgan fingerprint density at radius 1 is 0.861 bits per heavy atom. The summed E-state index contributed by atoms with van der Waals surface area (Å²) in [5, 5.41) is 17.0. The van der Waals surface area contributed by atoms with Gasteiger partial charge in [0, 0.05) is 28.1 Å². The van der Waals surface area contributed by atoms with E-state index in [2.05, 4.69) is 38.8 Å². The van der Waals surface area contributed by atoms with Crippen LogP contribution in [0.25, 0.3) is 32.9 Å². The molecule has 7 heteroatoms. The van der Waals surface area contributed by atoms with Crippen LogP contribution in [0.5, 0.6) is 0 Å². The predicted octanol–water partition coefficient (Wildman–Crippen LogP) is 5.07. The summed E-state index contributed by atoms with van der Waals surface area (Å²) in [6, 6.07) is 27.7. The van der Waals surface area contributed by atoms with E-state index in [0.717, 1.165) is 44.2 Å². The van der Waals surface area contributed by atoms with E-state index in [1.165, 1.54) is 0 Å². The average Bonchev–Trinajstić information content (AvgIpc) is 3.56. The third kappa shape index (κ3) is 4.22. The molecule has 6 rings (SSSR count). The van der Waals surface area contributed by atoms with Gasteiger partial charge in [-0.2, -0.15) is 10.2 Å². The summed E-state index contributed by atoms with van der Waals surface area (Å²) in [4.78, 5) is 18.1. The van der Waals surface area contributed by atoms with Crippen LogP contribution in [0.15, 0.2) is 104 Å². The van der Waals surface area contributed by atoms with Gasteiger partial charge in [0.1, 0.15) is 6.54 Å². The molecule has 0 spiro atoms. The number of hydrogen-bond acceptors (Lipinski definition) is 4. The minimum absolute atomic E-state index is 0.122. The van der Waals surface area contributed by atoms with Crippen LogP contribution < -0.4 is 5.32 Å². The first-order valence-corrected chi connectivity index (χ1v) is 11.9. The topological polar surface area (TPSA) is 88.5 Å². The van der Waals surface area contributed by atoms with E-state index in [-0.39, 0.29) is 18.5 Å². The van der Waals surface area contributed by atoms with Crippen molar-refractivity contribution in [2.45, 2.75) is 19.0 Å². The van der Waals surface area contributed by atoms with Crippen LogP contribution >= 0.6 is 0 Å². The molecule has 0 aliphatic carbocycles. The first-order valence-electron chi connectivity index (χ1n) is 11.9. The highest BCUT2D eigenvalue weighted by molar-refractivity contribution is 5.94. The van der Waals surface area contributed by atoms with Crippen molar-refractivity contribution >= 4 is 27.7 Å². The van der Waals surface area contributed by atoms with E-state index in [9.17, 15) is 4.79 Å². The Kier molecular flexibility index (Phi) is 5.71. The Labute approximate surface area is 207 Å². The van der Waals surface area contributed by atoms with E-state index in [0.29, 0.717) is 6.42 Å². The van der Waals surface area contributed by atoms with Crippen molar-refractivity contribution in [2.24, 2.45) is 0 Å². The number of benzene rings is 3. The van der Waals surface area contributed by atoms with Gasteiger partial charge < -0.3 is 5.32 Å². The maximum atomic E-state index is 13.3. The van der Waals surface area contributed by atoms with Gasteiger partial charge in [0.2, 0.25) is 5.91 Å². The van der Waals surface area contributed by atoms with Gasteiger partial charge in [-0.05, 0) is 24.1 Å². The highest BCUT2D eigenvalue weighted by Crippen LogP contribution is 2.32. The lowest BCUT2D eigenvalue weighted by Gasteiger charge is -2.22. The first-order chi connectivity index (χ1) is 17.8. The Morgan fingerprint density at radius 2 is 1.67 bits per heavy atom. The number of fused-ring (bicyclic) bond motifs is 2. The molecular weight excluding hydrogens is 448 g/mol. The van der Waals surface area contributed by atoms with Gasteiger partial charge >= 0.3 is 0 Å². The quantitative estimate of drug-likeness (QED) is 0.339. The number of H-pyrrole nitrogens is 1. The van der Waals surface area contributed by atoms with Crippen LogP contribution in [0, 0.1) is 0 Å². The fourth-order valence-corrected chi connectivity index (χ4v) is 4.71. The van der Waals surface area contributed by atoms with Gasteiger partial charge in [-0.25, -0.2) is 0 Å². The fraction of sp³-hybridized carbons (Fsp3) is 0.103. The van der Waals surface area contributed by atoms with E-state index in [1.54, 1.807) is 17.1 Å². The van der Waals surface area contributed by atoms with Crippen molar-refractivity contribution in [2.75, 3.05) is 0 Å². The first kappa shape index (κ1) is 21.7. The monoisotopic (exact) mass is 472 g/mol. The van der Waals surface area contributed by atoms with Crippen molar-refractivity contribution in [3.8, 4) is 11.1 Å². The molecule has 1 amide bonds. The molecule has 0 radical (unpaired) electrons. The zero-order valence-corrected chi connectivity index (χ0v) is 19.5. The summed E-state index contributed by atoms with van der Waals surface area (Å²) in [5.41, 5.74) is 5.75. The number of carbonyl (C=O) groups is 1. The van der Waals surface area contributed by atoms with Crippen molar-refractivity contribution in [1.82, 2.24) is 30.3 Å². The van der Waals surface area contributed by atoms with E-state index < -0.39 is 0 Å². The molecule has 1 atom stereocenters. The molecule has 0 unspecified atom stereocenters. The van der Waals surface area contributed by atoms with Gasteiger partial charge in [-0.3, -0.25) is 19.6 Å². The SMILES string of the molecule is O=C(Cn1ncc2ccccc21)N[C@H](Cc1ccccc1)c1ncccc1-c1cccc2cn[nH]c12. The van der Waals surface area contributed by atoms with E-state index in [1.807, 2.05) is 72.9 Å². The summed E-state index contributed by atoms with van der Waals surface area (Å²) < 4.78 is 1.73. The lowest BCUT2D eigenvalue weighted by molar-refractivity contribution is -0.122. The van der Waals surface area contributed by atoms with E-state index in [4.69, 9.17) is 4.98 Å². The second-order valence-electron chi connectivity index (χ2n) is 8.75. The van der Waals surface area contributed by atoms with Crippen molar-refractivity contribution in [3.63, 3.8) is 0 Å². The standard InChI is InChI=1S/C29H24N6O/c36-27(19-35-26-14-5-4-10-21(26)18-32-35)33-25(16-20-8-2-1-3-9-20)29-24(13-7-15-30-29)23-12-6-11-22-17-31-34-28(22)23/h1-15,17-18,25H,16,19H2,(H,31,34)(H,33,36)/t25-/m1/s1. The molecule has 3 heterocycles. The normalized spacial score (nSPS) is 12.1. The fourth-order valence-electron chi connectivity index (χ4n) is 4.71. The molecule has 3 aromatic heterocycles. The van der Waals surface area contributed by atoms with Gasteiger partial charge in [-0.1, -0.05) is 72.8 Å². The molecule has 0 aliphatic heterocycles. The van der Waals surface area contributed by atoms with Crippen LogP contribution in [-0.4, -0.2) is 30.9 Å². The predicted molar refractivity (Wildman–Crippen MR) is 140 cm³/mol. The molecule has 0 saturated carbocycles. The summed E-state index contributed by atoms with van der Waals surface area (Å²) >= 11 is 0. The molecule has 36 heavy (non-hydrogen) atoms. The van der Waals surface area contributed by atoms with Crippen LogP contribution in [-0.2, 0) is 17.8 Å². The van der Waals surface area contributed by atoms with Gasteiger partial charge in [-0.15, -0.1) is 0 Å². The number of aromatic amines is 1. The maximum Gasteiger partial charge on any atom is 0.242 e. The van der Waals surface area contributed by atoms with Crippen LogP contribution in [0.3, 0.4) is 0 Å². The minimum Gasteiger partial charge on any atom is -0.346 e. The van der Waals surface area contributed by atoms with Gasteiger partial charge in [0.15, 0.2) is 0 Å². The van der Waals surface area contributed by atoms with Crippen LogP contribution in [0.2, 0.25) is 0 Å². The van der Waals surface area contributed by atoms with E-state index >= 15 is 0 Å². The Morgan fingerprint density at radius 3 is 2.58 bits per heavy atom. The number of hydrogen-bond donors (Lipinski definition) is 2.